The summed E-state index contributed by atoms with van der Waals surface area (Å²) in [5.74, 6) is 0.0907. The van der Waals surface area contributed by atoms with Crippen LogP contribution in [0.2, 0.25) is 0 Å². The van der Waals surface area contributed by atoms with E-state index in [9.17, 15) is 4.79 Å². The number of para-hydroxylation sites is 1. The third-order valence-electron chi connectivity index (χ3n) is 3.09. The highest BCUT2D eigenvalue weighted by Gasteiger charge is 2.09. The van der Waals surface area contributed by atoms with E-state index in [1.54, 1.807) is 0 Å². The van der Waals surface area contributed by atoms with E-state index >= 15 is 0 Å². The van der Waals surface area contributed by atoms with Crippen LogP contribution in [0, 0.1) is 6.92 Å². The third kappa shape index (κ3) is 4.57. The van der Waals surface area contributed by atoms with Crippen molar-refractivity contribution < 1.29 is 4.79 Å². The zero-order valence-corrected chi connectivity index (χ0v) is 11.2. The predicted molar refractivity (Wildman–Crippen MR) is 72.2 cm³/mol. The lowest BCUT2D eigenvalue weighted by Crippen LogP contribution is -2.26. The summed E-state index contributed by atoms with van der Waals surface area (Å²) < 4.78 is 0. The largest absolute Gasteiger partial charge is 0.326 e. The summed E-state index contributed by atoms with van der Waals surface area (Å²) in [6.07, 6.45) is 1.44. The summed E-state index contributed by atoms with van der Waals surface area (Å²) >= 11 is 0. The molecule has 1 aromatic rings. The quantitative estimate of drug-likeness (QED) is 0.849. The molecule has 0 radical (unpaired) electrons. The number of hydrogen-bond donors (Lipinski definition) is 1. The van der Waals surface area contributed by atoms with Gasteiger partial charge in [0, 0.05) is 18.2 Å². The molecule has 0 saturated carbocycles. The van der Waals surface area contributed by atoms with Gasteiger partial charge in [-0.05, 0) is 46.0 Å². The Kier molecular flexibility index (Phi) is 5.16. The van der Waals surface area contributed by atoms with E-state index in [0.717, 1.165) is 17.7 Å². The second kappa shape index (κ2) is 6.40. The molecule has 1 N–H and O–H groups in total. The zero-order chi connectivity index (χ0) is 12.8. The molecule has 0 saturated heterocycles. The van der Waals surface area contributed by atoms with Gasteiger partial charge in [0.2, 0.25) is 5.91 Å². The van der Waals surface area contributed by atoms with E-state index in [4.69, 9.17) is 0 Å². The molecule has 0 aliphatic rings. The van der Waals surface area contributed by atoms with Gasteiger partial charge >= 0.3 is 0 Å². The van der Waals surface area contributed by atoms with E-state index in [2.05, 4.69) is 17.1 Å². The number of hydrogen-bond acceptors (Lipinski definition) is 2. The Bertz CT molecular complexity index is 374. The maximum Gasteiger partial charge on any atom is 0.224 e. The number of carbonyl (C=O) groups is 1. The topological polar surface area (TPSA) is 32.3 Å². The first-order valence-corrected chi connectivity index (χ1v) is 6.02. The van der Waals surface area contributed by atoms with Gasteiger partial charge in [0.1, 0.15) is 0 Å². The van der Waals surface area contributed by atoms with Gasteiger partial charge in [-0.2, -0.15) is 0 Å². The summed E-state index contributed by atoms with van der Waals surface area (Å²) in [5, 5.41) is 2.95. The van der Waals surface area contributed by atoms with E-state index in [0.29, 0.717) is 12.5 Å². The highest BCUT2D eigenvalue weighted by molar-refractivity contribution is 5.91. The number of carbonyl (C=O) groups excluding carboxylic acids is 1. The lowest BCUT2D eigenvalue weighted by Gasteiger charge is -2.19. The molecule has 94 valence electrons. The van der Waals surface area contributed by atoms with E-state index in [1.807, 2.05) is 45.3 Å². The molecule has 1 aromatic carbocycles. The SMILES string of the molecule is Cc1ccccc1NC(=O)CCC(C)N(C)C. The number of aryl methyl sites for hydroxylation is 1. The summed E-state index contributed by atoms with van der Waals surface area (Å²) in [5.41, 5.74) is 2.01. The van der Waals surface area contributed by atoms with Gasteiger partial charge in [-0.15, -0.1) is 0 Å². The van der Waals surface area contributed by atoms with Crippen LogP contribution in [0.15, 0.2) is 24.3 Å². The van der Waals surface area contributed by atoms with Gasteiger partial charge in [-0.3, -0.25) is 4.79 Å². The number of rotatable bonds is 5. The lowest BCUT2D eigenvalue weighted by atomic mass is 10.1. The molecular formula is C14H22N2O. The molecule has 1 atom stereocenters. The highest BCUT2D eigenvalue weighted by atomic mass is 16.1. The van der Waals surface area contributed by atoms with E-state index in [1.165, 1.54) is 0 Å². The smallest absolute Gasteiger partial charge is 0.224 e. The number of anilines is 1. The van der Waals surface area contributed by atoms with Crippen LogP contribution in [0.4, 0.5) is 5.69 Å². The van der Waals surface area contributed by atoms with Crippen molar-refractivity contribution in [3.05, 3.63) is 29.8 Å². The fourth-order valence-corrected chi connectivity index (χ4v) is 1.52. The fourth-order valence-electron chi connectivity index (χ4n) is 1.52. The maximum absolute atomic E-state index is 11.8. The van der Waals surface area contributed by atoms with Crippen LogP contribution in [-0.2, 0) is 4.79 Å². The minimum Gasteiger partial charge on any atom is -0.326 e. The van der Waals surface area contributed by atoms with Crippen molar-refractivity contribution in [1.82, 2.24) is 4.90 Å². The molecule has 0 aromatic heterocycles. The molecule has 0 bridgehead atoms. The van der Waals surface area contributed by atoms with E-state index in [-0.39, 0.29) is 5.91 Å². The van der Waals surface area contributed by atoms with Crippen molar-refractivity contribution in [2.24, 2.45) is 0 Å². The van der Waals surface area contributed by atoms with Crippen molar-refractivity contribution in [1.29, 1.82) is 0 Å². The Hall–Kier alpha value is -1.35. The molecule has 0 heterocycles. The summed E-state index contributed by atoms with van der Waals surface area (Å²) in [6.45, 7) is 4.12. The van der Waals surface area contributed by atoms with Crippen LogP contribution >= 0.6 is 0 Å². The molecular weight excluding hydrogens is 212 g/mol. The standard InChI is InChI=1S/C14H22N2O/c1-11-7-5-6-8-13(11)15-14(17)10-9-12(2)16(3)4/h5-8,12H,9-10H2,1-4H3,(H,15,17). The molecule has 3 nitrogen and oxygen atoms in total. The van der Waals surface area contributed by atoms with Gasteiger partial charge in [0.05, 0.1) is 0 Å². The Morgan fingerprint density at radius 2 is 2.00 bits per heavy atom. The second-order valence-corrected chi connectivity index (χ2v) is 4.71. The molecule has 1 rings (SSSR count). The molecule has 1 unspecified atom stereocenters. The number of nitrogens with one attached hydrogen (secondary N) is 1. The van der Waals surface area contributed by atoms with Gasteiger partial charge in [-0.25, -0.2) is 0 Å². The van der Waals surface area contributed by atoms with E-state index < -0.39 is 0 Å². The first-order chi connectivity index (χ1) is 8.00. The lowest BCUT2D eigenvalue weighted by molar-refractivity contribution is -0.116. The molecule has 3 heteroatoms. The summed E-state index contributed by atoms with van der Waals surface area (Å²) in [7, 11) is 4.06. The highest BCUT2D eigenvalue weighted by Crippen LogP contribution is 2.14. The number of amides is 1. The van der Waals surface area contributed by atoms with Crippen LogP contribution in [0.1, 0.15) is 25.3 Å². The average molecular weight is 234 g/mol. The second-order valence-electron chi connectivity index (χ2n) is 4.71. The summed E-state index contributed by atoms with van der Waals surface area (Å²) in [4.78, 5) is 13.9. The van der Waals surface area contributed by atoms with Crippen LogP contribution in [0.3, 0.4) is 0 Å². The minimum atomic E-state index is 0.0907. The van der Waals surface area contributed by atoms with Crippen molar-refractivity contribution in [2.75, 3.05) is 19.4 Å². The third-order valence-corrected chi connectivity index (χ3v) is 3.09. The van der Waals surface area contributed by atoms with Crippen LogP contribution in [0.25, 0.3) is 0 Å². The van der Waals surface area contributed by atoms with Crippen molar-refractivity contribution >= 4 is 11.6 Å². The Morgan fingerprint density at radius 3 is 2.59 bits per heavy atom. The summed E-state index contributed by atoms with van der Waals surface area (Å²) in [6, 6.07) is 8.27. The van der Waals surface area contributed by atoms with Crippen molar-refractivity contribution in [3.8, 4) is 0 Å². The molecule has 0 spiro atoms. The van der Waals surface area contributed by atoms with Gasteiger partial charge in [-0.1, -0.05) is 18.2 Å². The normalized spacial score (nSPS) is 12.5. The average Bonchev–Trinajstić information content (AvgIpc) is 2.29. The number of benzene rings is 1. The van der Waals surface area contributed by atoms with Crippen LogP contribution < -0.4 is 5.32 Å². The maximum atomic E-state index is 11.8. The number of nitrogens with zero attached hydrogens (tertiary/aromatic N) is 1. The Morgan fingerprint density at radius 1 is 1.35 bits per heavy atom. The van der Waals surface area contributed by atoms with Crippen LogP contribution in [0.5, 0.6) is 0 Å². The first kappa shape index (κ1) is 13.7. The molecule has 0 aliphatic heterocycles. The van der Waals surface area contributed by atoms with Gasteiger partial charge in [0.15, 0.2) is 0 Å². The molecule has 0 fully saturated rings. The van der Waals surface area contributed by atoms with Crippen LogP contribution in [-0.4, -0.2) is 30.9 Å². The zero-order valence-electron chi connectivity index (χ0n) is 11.2. The first-order valence-electron chi connectivity index (χ1n) is 6.02. The monoisotopic (exact) mass is 234 g/mol. The van der Waals surface area contributed by atoms with Crippen molar-refractivity contribution in [3.63, 3.8) is 0 Å². The minimum absolute atomic E-state index is 0.0907. The van der Waals surface area contributed by atoms with Gasteiger partial charge in [0.25, 0.3) is 0 Å². The Labute approximate surface area is 104 Å². The van der Waals surface area contributed by atoms with Crippen molar-refractivity contribution in [2.45, 2.75) is 32.7 Å². The molecule has 0 aliphatic carbocycles. The Balaban J connectivity index is 2.43. The molecule has 1 amide bonds. The van der Waals surface area contributed by atoms with Gasteiger partial charge < -0.3 is 10.2 Å². The predicted octanol–water partition coefficient (Wildman–Crippen LogP) is 2.66. The fraction of sp³-hybridized carbons (Fsp3) is 0.500. The molecule has 17 heavy (non-hydrogen) atoms.